The number of carbonyl (C=O) groups is 1. The zero-order chi connectivity index (χ0) is 8.43. The summed E-state index contributed by atoms with van der Waals surface area (Å²) >= 11 is 1.24. The van der Waals surface area contributed by atoms with Gasteiger partial charge in [-0.15, -0.1) is 23.7 Å². The smallest absolute Gasteiger partial charge is 0.347 e. The van der Waals surface area contributed by atoms with Gasteiger partial charge in [0.15, 0.2) is 0 Å². The molecule has 0 saturated heterocycles. The topological polar surface area (TPSA) is 50.2 Å². The number of carboxylic acids is 1. The van der Waals surface area contributed by atoms with Gasteiger partial charge in [0.05, 0.1) is 10.7 Å². The first kappa shape index (κ1) is 11.4. The number of carboxylic acid groups (broad SMARTS) is 1. The van der Waals surface area contributed by atoms with Crippen molar-refractivity contribution in [3.05, 3.63) is 15.6 Å². The monoisotopic (exact) mass is 207 g/mol. The summed E-state index contributed by atoms with van der Waals surface area (Å²) in [5.74, 6) is -0.868. The third-order valence-electron chi connectivity index (χ3n) is 1.33. The lowest BCUT2D eigenvalue weighted by Gasteiger charge is -1.89. The summed E-state index contributed by atoms with van der Waals surface area (Å²) in [5, 5.41) is 9.50. The molecule has 0 aromatic carbocycles. The number of thiazole rings is 1. The normalized spacial score (nSPS) is 9.17. The van der Waals surface area contributed by atoms with Crippen LogP contribution in [0.5, 0.6) is 0 Å². The van der Waals surface area contributed by atoms with Crippen molar-refractivity contribution in [3.8, 4) is 0 Å². The van der Waals surface area contributed by atoms with E-state index >= 15 is 0 Å². The highest BCUT2D eigenvalue weighted by Gasteiger charge is 2.13. The fourth-order valence-corrected chi connectivity index (χ4v) is 1.72. The molecule has 3 nitrogen and oxygen atoms in total. The van der Waals surface area contributed by atoms with Crippen LogP contribution in [0.25, 0.3) is 0 Å². The van der Waals surface area contributed by atoms with Crippen molar-refractivity contribution in [1.29, 1.82) is 0 Å². The molecular formula is C7H10ClNO2S. The highest BCUT2D eigenvalue weighted by Crippen LogP contribution is 2.17. The summed E-state index contributed by atoms with van der Waals surface area (Å²) < 4.78 is 0. The molecule has 12 heavy (non-hydrogen) atoms. The molecule has 0 unspecified atom stereocenters. The Morgan fingerprint density at radius 2 is 2.25 bits per heavy atom. The van der Waals surface area contributed by atoms with Crippen molar-refractivity contribution >= 4 is 29.7 Å². The Kier molecular flexibility index (Phi) is 4.20. The molecule has 0 amide bonds. The molecule has 0 fully saturated rings. The zero-order valence-corrected chi connectivity index (χ0v) is 8.46. The van der Waals surface area contributed by atoms with Crippen molar-refractivity contribution in [1.82, 2.24) is 4.98 Å². The van der Waals surface area contributed by atoms with Crippen LogP contribution in [0, 0.1) is 6.92 Å². The van der Waals surface area contributed by atoms with E-state index in [4.69, 9.17) is 5.11 Å². The lowest BCUT2D eigenvalue weighted by atomic mass is 10.3. The molecular weight excluding hydrogens is 198 g/mol. The number of aromatic nitrogens is 1. The molecule has 0 aliphatic carbocycles. The Bertz CT molecular complexity index is 285. The minimum Gasteiger partial charge on any atom is -0.477 e. The van der Waals surface area contributed by atoms with Gasteiger partial charge in [0.1, 0.15) is 4.88 Å². The van der Waals surface area contributed by atoms with Gasteiger partial charge in [-0.05, 0) is 13.3 Å². The van der Waals surface area contributed by atoms with E-state index < -0.39 is 5.97 Å². The van der Waals surface area contributed by atoms with Crippen LogP contribution in [0.2, 0.25) is 0 Å². The minimum absolute atomic E-state index is 0. The molecule has 1 N–H and O–H groups in total. The third-order valence-corrected chi connectivity index (χ3v) is 2.33. The van der Waals surface area contributed by atoms with Crippen LogP contribution in [0.15, 0.2) is 0 Å². The van der Waals surface area contributed by atoms with Crippen LogP contribution in [0.4, 0.5) is 0 Å². The first-order valence-corrected chi connectivity index (χ1v) is 4.16. The molecule has 0 atom stereocenters. The van der Waals surface area contributed by atoms with E-state index in [0.29, 0.717) is 17.0 Å². The van der Waals surface area contributed by atoms with Gasteiger partial charge >= 0.3 is 5.97 Å². The average Bonchev–Trinajstić information content (AvgIpc) is 2.30. The van der Waals surface area contributed by atoms with Gasteiger partial charge in [-0.2, -0.15) is 0 Å². The maximum Gasteiger partial charge on any atom is 0.347 e. The predicted octanol–water partition coefficient (Wildman–Crippen LogP) is 2.13. The van der Waals surface area contributed by atoms with Crippen molar-refractivity contribution in [3.63, 3.8) is 0 Å². The number of rotatable bonds is 2. The molecule has 0 spiro atoms. The predicted molar refractivity (Wildman–Crippen MR) is 50.4 cm³/mol. The molecule has 0 aliphatic heterocycles. The SMILES string of the molecule is CCc1nc(C)sc1C(=O)O.Cl. The number of halogens is 1. The van der Waals surface area contributed by atoms with Crippen molar-refractivity contribution < 1.29 is 9.90 Å². The van der Waals surface area contributed by atoms with Crippen LogP contribution in [-0.4, -0.2) is 16.1 Å². The highest BCUT2D eigenvalue weighted by atomic mass is 35.5. The van der Waals surface area contributed by atoms with E-state index in [1.807, 2.05) is 13.8 Å². The second-order valence-electron chi connectivity index (χ2n) is 2.17. The second-order valence-corrected chi connectivity index (χ2v) is 3.37. The Hall–Kier alpha value is -0.610. The van der Waals surface area contributed by atoms with E-state index in [2.05, 4.69) is 4.98 Å². The van der Waals surface area contributed by atoms with Gasteiger partial charge in [-0.3, -0.25) is 0 Å². The molecule has 1 rings (SSSR count). The summed E-state index contributed by atoms with van der Waals surface area (Å²) in [5.41, 5.74) is 0.694. The Morgan fingerprint density at radius 1 is 1.67 bits per heavy atom. The van der Waals surface area contributed by atoms with Gasteiger partial charge in [0.2, 0.25) is 0 Å². The summed E-state index contributed by atoms with van der Waals surface area (Å²) in [6.45, 7) is 3.72. The van der Waals surface area contributed by atoms with Crippen LogP contribution < -0.4 is 0 Å². The molecule has 5 heteroatoms. The van der Waals surface area contributed by atoms with Crippen LogP contribution >= 0.6 is 23.7 Å². The van der Waals surface area contributed by atoms with Crippen LogP contribution in [0.1, 0.15) is 27.3 Å². The lowest BCUT2D eigenvalue weighted by molar-refractivity contribution is 0.0701. The Labute approximate surface area is 80.9 Å². The quantitative estimate of drug-likeness (QED) is 0.809. The fourth-order valence-electron chi connectivity index (χ4n) is 0.877. The summed E-state index contributed by atoms with van der Waals surface area (Å²) in [6.07, 6.45) is 0.686. The van der Waals surface area contributed by atoms with Crippen molar-refractivity contribution in [2.75, 3.05) is 0 Å². The Balaban J connectivity index is 0.00000121. The van der Waals surface area contributed by atoms with Gasteiger partial charge < -0.3 is 5.11 Å². The van der Waals surface area contributed by atoms with Gasteiger partial charge in [0, 0.05) is 0 Å². The largest absolute Gasteiger partial charge is 0.477 e. The fraction of sp³-hybridized carbons (Fsp3) is 0.429. The number of aryl methyl sites for hydroxylation is 2. The van der Waals surface area contributed by atoms with E-state index in [-0.39, 0.29) is 12.4 Å². The number of nitrogens with zero attached hydrogens (tertiary/aromatic N) is 1. The zero-order valence-electron chi connectivity index (χ0n) is 6.83. The van der Waals surface area contributed by atoms with Gasteiger partial charge in [0.25, 0.3) is 0 Å². The van der Waals surface area contributed by atoms with Crippen LogP contribution in [-0.2, 0) is 6.42 Å². The van der Waals surface area contributed by atoms with E-state index in [9.17, 15) is 4.79 Å². The maximum absolute atomic E-state index is 10.6. The summed E-state index contributed by atoms with van der Waals surface area (Å²) in [7, 11) is 0. The molecule has 1 heterocycles. The average molecular weight is 208 g/mol. The first-order chi connectivity index (χ1) is 5.15. The summed E-state index contributed by atoms with van der Waals surface area (Å²) in [4.78, 5) is 15.0. The third kappa shape index (κ3) is 2.19. The molecule has 0 bridgehead atoms. The molecule has 68 valence electrons. The maximum atomic E-state index is 10.6. The number of hydrogen-bond acceptors (Lipinski definition) is 3. The molecule has 0 saturated carbocycles. The lowest BCUT2D eigenvalue weighted by Crippen LogP contribution is -1.97. The molecule has 0 radical (unpaired) electrons. The van der Waals surface area contributed by atoms with Crippen molar-refractivity contribution in [2.24, 2.45) is 0 Å². The summed E-state index contributed by atoms with van der Waals surface area (Å²) in [6, 6.07) is 0. The number of hydrogen-bond donors (Lipinski definition) is 1. The first-order valence-electron chi connectivity index (χ1n) is 3.34. The number of aromatic carboxylic acids is 1. The molecule has 0 aliphatic rings. The van der Waals surface area contributed by atoms with Gasteiger partial charge in [-0.25, -0.2) is 9.78 Å². The van der Waals surface area contributed by atoms with E-state index in [1.54, 1.807) is 0 Å². The second kappa shape index (κ2) is 4.42. The van der Waals surface area contributed by atoms with E-state index in [0.717, 1.165) is 5.01 Å². The standard InChI is InChI=1S/C7H9NO2S.ClH/c1-3-5-6(7(9)10)11-4(2)8-5;/h3H2,1-2H3,(H,9,10);1H. The van der Waals surface area contributed by atoms with Gasteiger partial charge in [-0.1, -0.05) is 6.92 Å². The molecule has 1 aromatic heterocycles. The van der Waals surface area contributed by atoms with Crippen LogP contribution in [0.3, 0.4) is 0 Å². The highest BCUT2D eigenvalue weighted by molar-refractivity contribution is 7.13. The molecule has 1 aromatic rings. The Morgan fingerprint density at radius 3 is 2.58 bits per heavy atom. The minimum atomic E-state index is -0.868. The van der Waals surface area contributed by atoms with E-state index in [1.165, 1.54) is 11.3 Å². The van der Waals surface area contributed by atoms with Crippen molar-refractivity contribution in [2.45, 2.75) is 20.3 Å².